The fourth-order valence-electron chi connectivity index (χ4n) is 1.15. The second-order valence-electron chi connectivity index (χ2n) is 3.85. The summed E-state index contributed by atoms with van der Waals surface area (Å²) in [6.07, 6.45) is 0.526. The number of sulfonamides is 2. The lowest BCUT2D eigenvalue weighted by atomic mass is 10.3. The molecule has 1 heterocycles. The van der Waals surface area contributed by atoms with E-state index in [1.54, 1.807) is 0 Å². The van der Waals surface area contributed by atoms with Gasteiger partial charge in [0.15, 0.2) is 0 Å². The molecule has 12 heteroatoms. The first kappa shape index (κ1) is 18.4. The molecule has 6 nitrogen and oxygen atoms in total. The predicted octanol–water partition coefficient (Wildman–Crippen LogP) is 1.08. The van der Waals surface area contributed by atoms with Crippen LogP contribution in [0.1, 0.15) is 5.56 Å². The van der Waals surface area contributed by atoms with Crippen molar-refractivity contribution >= 4 is 31.4 Å². The molecular formula is C9H12F3NO5S3. The highest BCUT2D eigenvalue weighted by Crippen LogP contribution is 2.22. The average molecular weight is 367 g/mol. The van der Waals surface area contributed by atoms with Crippen LogP contribution in [-0.4, -0.2) is 41.3 Å². The van der Waals surface area contributed by atoms with Crippen molar-refractivity contribution < 1.29 is 34.7 Å². The molecule has 0 radical (unpaired) electrons. The summed E-state index contributed by atoms with van der Waals surface area (Å²) in [7, 11) is -10.6. The van der Waals surface area contributed by atoms with E-state index in [0.717, 1.165) is 5.56 Å². The van der Waals surface area contributed by atoms with Crippen LogP contribution in [0.4, 0.5) is 13.2 Å². The lowest BCUT2D eigenvalue weighted by molar-refractivity contribution is -0.0441. The van der Waals surface area contributed by atoms with Crippen LogP contribution in [0.25, 0.3) is 0 Å². The molecule has 0 fully saturated rings. The summed E-state index contributed by atoms with van der Waals surface area (Å²) in [5.41, 5.74) is -4.69. The van der Waals surface area contributed by atoms with Gasteiger partial charge in [-0.3, -0.25) is 0 Å². The summed E-state index contributed by atoms with van der Waals surface area (Å²) in [6.45, 7) is -0.231. The van der Waals surface area contributed by atoms with Crippen molar-refractivity contribution in [2.24, 2.45) is 0 Å². The molecule has 0 unspecified atom stereocenters. The lowest BCUT2D eigenvalue weighted by Crippen LogP contribution is -2.41. The lowest BCUT2D eigenvalue weighted by Gasteiger charge is -2.10. The summed E-state index contributed by atoms with van der Waals surface area (Å²) in [5, 5.41) is 3.73. The van der Waals surface area contributed by atoms with Crippen molar-refractivity contribution in [3.8, 4) is 0 Å². The fourth-order valence-corrected chi connectivity index (χ4v) is 4.24. The van der Waals surface area contributed by atoms with Gasteiger partial charge < -0.3 is 4.74 Å². The molecule has 0 atom stereocenters. The monoisotopic (exact) mass is 367 g/mol. The van der Waals surface area contributed by atoms with Crippen LogP contribution in [-0.2, 0) is 31.2 Å². The smallest absolute Gasteiger partial charge is 0.380 e. The average Bonchev–Trinajstić information content (AvgIpc) is 2.78. The topological polar surface area (TPSA) is 89.5 Å². The van der Waals surface area contributed by atoms with Gasteiger partial charge in [-0.25, -0.2) is 16.8 Å². The highest BCUT2D eigenvalue weighted by atomic mass is 32.3. The maximum absolute atomic E-state index is 12.0. The van der Waals surface area contributed by atoms with E-state index < -0.39 is 37.9 Å². The number of rotatable bonds is 8. The standard InChI is InChI=1S/C9H12F3NO5S3/c10-9(11,12)21(16,17)13-20(14,15)6-4-18-3-1-8-2-5-19-7-8/h2,5,7,13H,1,3-4,6H2. The number of nitrogens with one attached hydrogen (secondary N) is 1. The Bertz CT molecular complexity index is 637. The molecule has 0 aliphatic heterocycles. The van der Waals surface area contributed by atoms with Crippen molar-refractivity contribution in [3.63, 3.8) is 0 Å². The van der Waals surface area contributed by atoms with Crippen LogP contribution in [0.3, 0.4) is 0 Å². The van der Waals surface area contributed by atoms with Gasteiger partial charge in [-0.2, -0.15) is 24.5 Å². The number of thiophene rings is 1. The molecule has 1 aromatic heterocycles. The summed E-state index contributed by atoms with van der Waals surface area (Å²) in [4.78, 5) is 0. The highest BCUT2D eigenvalue weighted by molar-refractivity contribution is 8.05. The van der Waals surface area contributed by atoms with Gasteiger partial charge >= 0.3 is 15.5 Å². The third-order valence-electron chi connectivity index (χ3n) is 2.15. The van der Waals surface area contributed by atoms with E-state index in [4.69, 9.17) is 4.74 Å². The Balaban J connectivity index is 2.37. The van der Waals surface area contributed by atoms with E-state index in [1.165, 1.54) is 11.3 Å². The van der Waals surface area contributed by atoms with E-state index in [-0.39, 0.29) is 6.61 Å². The van der Waals surface area contributed by atoms with Crippen LogP contribution in [0.2, 0.25) is 0 Å². The molecule has 1 rings (SSSR count). The number of ether oxygens (including phenoxy) is 1. The number of hydrogen-bond acceptors (Lipinski definition) is 6. The predicted molar refractivity (Wildman–Crippen MR) is 70.7 cm³/mol. The van der Waals surface area contributed by atoms with Crippen LogP contribution in [0.15, 0.2) is 16.8 Å². The van der Waals surface area contributed by atoms with Crippen molar-refractivity contribution in [1.29, 1.82) is 0 Å². The van der Waals surface area contributed by atoms with Gasteiger partial charge in [0.2, 0.25) is 10.0 Å². The molecule has 0 aliphatic rings. The zero-order valence-electron chi connectivity index (χ0n) is 10.5. The van der Waals surface area contributed by atoms with E-state index in [1.807, 2.05) is 16.8 Å². The Hall–Kier alpha value is -0.690. The van der Waals surface area contributed by atoms with Gasteiger partial charge in [-0.15, -0.1) is 4.13 Å². The first-order chi connectivity index (χ1) is 9.54. The minimum atomic E-state index is -5.93. The van der Waals surface area contributed by atoms with Crippen LogP contribution < -0.4 is 4.13 Å². The van der Waals surface area contributed by atoms with E-state index >= 15 is 0 Å². The van der Waals surface area contributed by atoms with Crippen molar-refractivity contribution in [1.82, 2.24) is 4.13 Å². The molecule has 0 spiro atoms. The Morgan fingerprint density at radius 1 is 1.19 bits per heavy atom. The van der Waals surface area contributed by atoms with E-state index in [0.29, 0.717) is 10.5 Å². The van der Waals surface area contributed by atoms with E-state index in [9.17, 15) is 30.0 Å². The maximum Gasteiger partial charge on any atom is 0.512 e. The molecule has 0 saturated carbocycles. The molecule has 1 aromatic rings. The van der Waals surface area contributed by atoms with Crippen molar-refractivity contribution in [3.05, 3.63) is 22.4 Å². The SMILES string of the molecule is O=S(=O)(CCOCCc1ccsc1)NS(=O)(=O)C(F)(F)F. The summed E-state index contributed by atoms with van der Waals surface area (Å²) < 4.78 is 85.4. The molecular weight excluding hydrogens is 355 g/mol. The van der Waals surface area contributed by atoms with Crippen molar-refractivity contribution in [2.75, 3.05) is 19.0 Å². The fraction of sp³-hybridized carbons (Fsp3) is 0.556. The molecule has 122 valence electrons. The molecule has 1 N–H and O–H groups in total. The van der Waals surface area contributed by atoms with Gasteiger partial charge in [0.1, 0.15) is 0 Å². The highest BCUT2D eigenvalue weighted by Gasteiger charge is 2.48. The first-order valence-electron chi connectivity index (χ1n) is 5.45. The minimum Gasteiger partial charge on any atom is -0.380 e. The van der Waals surface area contributed by atoms with Crippen LogP contribution in [0, 0.1) is 0 Å². The zero-order valence-corrected chi connectivity index (χ0v) is 12.9. The Kier molecular flexibility index (Phi) is 6.16. The molecule has 0 aromatic carbocycles. The first-order valence-corrected chi connectivity index (χ1v) is 9.53. The largest absolute Gasteiger partial charge is 0.512 e. The molecule has 0 saturated heterocycles. The summed E-state index contributed by atoms with van der Waals surface area (Å²) in [5.74, 6) is -0.883. The van der Waals surface area contributed by atoms with Gasteiger partial charge in [0.05, 0.1) is 19.0 Å². The number of alkyl halides is 3. The zero-order chi connectivity index (χ0) is 16.1. The van der Waals surface area contributed by atoms with E-state index in [2.05, 4.69) is 0 Å². The number of halogens is 3. The van der Waals surface area contributed by atoms with Gasteiger partial charge in [0, 0.05) is 0 Å². The molecule has 0 bridgehead atoms. The van der Waals surface area contributed by atoms with Crippen LogP contribution in [0.5, 0.6) is 0 Å². The summed E-state index contributed by atoms with van der Waals surface area (Å²) in [6, 6.07) is 1.85. The molecule has 0 amide bonds. The molecule has 21 heavy (non-hydrogen) atoms. The quantitative estimate of drug-likeness (QED) is 0.695. The number of hydrogen-bond donors (Lipinski definition) is 1. The third kappa shape index (κ3) is 6.30. The van der Waals surface area contributed by atoms with Crippen LogP contribution >= 0.6 is 11.3 Å². The van der Waals surface area contributed by atoms with Crippen molar-refractivity contribution in [2.45, 2.75) is 11.9 Å². The maximum atomic E-state index is 12.0. The Labute approximate surface area is 124 Å². The Morgan fingerprint density at radius 2 is 1.86 bits per heavy atom. The summed E-state index contributed by atoms with van der Waals surface area (Å²) >= 11 is 1.48. The Morgan fingerprint density at radius 3 is 2.38 bits per heavy atom. The minimum absolute atomic E-state index is 0.179. The second kappa shape index (κ2) is 7.05. The third-order valence-corrected chi connectivity index (χ3v) is 6.09. The molecule has 0 aliphatic carbocycles. The van der Waals surface area contributed by atoms with Gasteiger partial charge in [0.25, 0.3) is 0 Å². The normalized spacial score (nSPS) is 13.5. The van der Waals surface area contributed by atoms with Gasteiger partial charge in [-0.05, 0) is 28.8 Å². The second-order valence-corrected chi connectivity index (χ2v) is 8.40. The van der Waals surface area contributed by atoms with Gasteiger partial charge in [-0.1, -0.05) is 0 Å².